The number of benzene rings is 2. The largest absolute Gasteiger partial charge is 0.489 e. The lowest BCUT2D eigenvalue weighted by atomic mass is 9.87. The number of ether oxygens (including phenoxy) is 2. The maximum atomic E-state index is 6.36. The van der Waals surface area contributed by atoms with E-state index < -0.39 is 0 Å². The van der Waals surface area contributed by atoms with Crippen molar-refractivity contribution in [3.8, 4) is 16.9 Å². The van der Waals surface area contributed by atoms with Crippen molar-refractivity contribution in [1.29, 1.82) is 0 Å². The fourth-order valence-electron chi connectivity index (χ4n) is 6.74. The van der Waals surface area contributed by atoms with Crippen molar-refractivity contribution >= 4 is 16.6 Å². The summed E-state index contributed by atoms with van der Waals surface area (Å²) in [5, 5.41) is 2.51. The van der Waals surface area contributed by atoms with Gasteiger partial charge in [-0.2, -0.15) is 4.98 Å². The highest BCUT2D eigenvalue weighted by molar-refractivity contribution is 6.03. The van der Waals surface area contributed by atoms with Crippen LogP contribution >= 0.6 is 0 Å². The molecule has 0 radical (unpaired) electrons. The van der Waals surface area contributed by atoms with E-state index in [-0.39, 0.29) is 0 Å². The van der Waals surface area contributed by atoms with Gasteiger partial charge in [0.05, 0.1) is 30.7 Å². The van der Waals surface area contributed by atoms with Gasteiger partial charge in [-0.3, -0.25) is 14.4 Å². The number of piperazine rings is 3. The van der Waals surface area contributed by atoms with Crippen molar-refractivity contribution in [3.05, 3.63) is 83.8 Å². The summed E-state index contributed by atoms with van der Waals surface area (Å²) in [5.41, 5.74) is 5.90. The second-order valence-electron chi connectivity index (χ2n) is 11.4. The number of hydrogen-bond donors (Lipinski definition) is 0. The number of rotatable bonds is 6. The highest BCUT2D eigenvalue weighted by Crippen LogP contribution is 2.45. The number of pyridine rings is 2. The fourth-order valence-corrected chi connectivity index (χ4v) is 6.74. The number of fused-ring (bicyclic) bond motifs is 4. The molecule has 6 nitrogen and oxygen atoms in total. The molecule has 0 atom stereocenters. The van der Waals surface area contributed by atoms with Crippen LogP contribution in [-0.4, -0.2) is 67.4 Å². The van der Waals surface area contributed by atoms with Crippen LogP contribution in [0, 0.1) is 6.92 Å². The molecule has 4 fully saturated rings. The quantitative estimate of drug-likeness (QED) is 0.304. The van der Waals surface area contributed by atoms with E-state index in [1.165, 1.54) is 39.0 Å². The first-order valence-electron chi connectivity index (χ1n) is 14.4. The highest BCUT2D eigenvalue weighted by Gasteiger charge is 2.43. The maximum absolute atomic E-state index is 6.36. The van der Waals surface area contributed by atoms with Gasteiger partial charge in [0, 0.05) is 56.2 Å². The van der Waals surface area contributed by atoms with Gasteiger partial charge in [-0.15, -0.1) is 0 Å². The zero-order valence-electron chi connectivity index (χ0n) is 22.8. The van der Waals surface area contributed by atoms with Crippen LogP contribution in [0.25, 0.3) is 21.9 Å². The van der Waals surface area contributed by atoms with E-state index in [1.807, 2.05) is 12.3 Å². The van der Waals surface area contributed by atoms with Crippen LogP contribution in [0.2, 0.25) is 0 Å². The second kappa shape index (κ2) is 10.3. The Balaban J connectivity index is 1.43. The summed E-state index contributed by atoms with van der Waals surface area (Å²) in [7, 11) is 0. The molecule has 4 saturated heterocycles. The normalized spacial score (nSPS) is 23.3. The molecule has 39 heavy (non-hydrogen) atoms. The van der Waals surface area contributed by atoms with Crippen LogP contribution in [0.15, 0.2) is 66.9 Å². The monoisotopic (exact) mass is 521 g/mol. The minimum absolute atomic E-state index is 0.392. The molecule has 0 N–H and O–H groups in total. The molecular formula is C33H37N4O2+. The maximum Gasteiger partial charge on any atom is 0.236 e. The molecule has 2 aromatic carbocycles. The van der Waals surface area contributed by atoms with E-state index in [1.54, 1.807) is 0 Å². The van der Waals surface area contributed by atoms with Gasteiger partial charge < -0.3 is 9.47 Å². The van der Waals surface area contributed by atoms with Crippen LogP contribution < -0.4 is 9.22 Å². The average molecular weight is 522 g/mol. The molecule has 4 aliphatic heterocycles. The first kappa shape index (κ1) is 24.7. The van der Waals surface area contributed by atoms with E-state index in [0.717, 1.165) is 81.3 Å². The van der Waals surface area contributed by atoms with Gasteiger partial charge in [0.15, 0.2) is 0 Å². The standard InChI is InChI=1S/C33H37N4O2/c1-24-21-27(9-12-34-24)31-29-8-7-28(39-23-25-5-3-2-4-6-25)22-30(29)33(35-32(31)26-10-19-38-20-11-26)37-16-13-36(14-17-37)15-18-37/h2-9,12,21-22,26H,10-11,13-20,23H2,1H3/q+1. The Kier molecular flexibility index (Phi) is 6.55. The first-order valence-corrected chi connectivity index (χ1v) is 14.4. The fraction of sp³-hybridized carbons (Fsp3) is 0.394. The lowest BCUT2D eigenvalue weighted by Crippen LogP contribution is -2.68. The van der Waals surface area contributed by atoms with Crippen molar-refractivity contribution in [2.45, 2.75) is 32.3 Å². The first-order chi connectivity index (χ1) is 19.2. The minimum Gasteiger partial charge on any atom is -0.489 e. The van der Waals surface area contributed by atoms with Gasteiger partial charge >= 0.3 is 0 Å². The van der Waals surface area contributed by atoms with Crippen LogP contribution in [0.4, 0.5) is 5.82 Å². The van der Waals surface area contributed by atoms with Crippen molar-refractivity contribution in [1.82, 2.24) is 19.4 Å². The second-order valence-corrected chi connectivity index (χ2v) is 11.4. The molecular weight excluding hydrogens is 484 g/mol. The lowest BCUT2D eigenvalue weighted by molar-refractivity contribution is 0.0659. The summed E-state index contributed by atoms with van der Waals surface area (Å²) in [4.78, 5) is 12.8. The Morgan fingerprint density at radius 3 is 2.44 bits per heavy atom. The van der Waals surface area contributed by atoms with Crippen LogP contribution in [0.3, 0.4) is 0 Å². The Hall–Kier alpha value is -3.32. The number of aromatic nitrogens is 2. The third-order valence-electron chi connectivity index (χ3n) is 9.01. The van der Waals surface area contributed by atoms with E-state index >= 15 is 0 Å². The third-order valence-corrected chi connectivity index (χ3v) is 9.01. The number of quaternary nitrogens is 1. The van der Waals surface area contributed by atoms with Crippen LogP contribution in [-0.2, 0) is 11.3 Å². The molecule has 4 aliphatic rings. The molecule has 6 heterocycles. The van der Waals surface area contributed by atoms with E-state index in [4.69, 9.17) is 14.5 Å². The Labute approximate surface area is 230 Å². The van der Waals surface area contributed by atoms with Crippen LogP contribution in [0.5, 0.6) is 5.75 Å². The minimum atomic E-state index is 0.392. The predicted octanol–water partition coefficient (Wildman–Crippen LogP) is 5.71. The van der Waals surface area contributed by atoms with Crippen molar-refractivity contribution in [2.75, 3.05) is 52.5 Å². The molecule has 2 bridgehead atoms. The average Bonchev–Trinajstić information content (AvgIpc) is 3.01. The molecule has 200 valence electrons. The van der Waals surface area contributed by atoms with Gasteiger partial charge in [-0.25, -0.2) is 0 Å². The summed E-state index contributed by atoms with van der Waals surface area (Å²) in [6, 6.07) is 21.5. The Morgan fingerprint density at radius 2 is 1.69 bits per heavy atom. The van der Waals surface area contributed by atoms with Crippen molar-refractivity contribution in [2.24, 2.45) is 0 Å². The smallest absolute Gasteiger partial charge is 0.236 e. The van der Waals surface area contributed by atoms with E-state index in [2.05, 4.69) is 71.4 Å². The SMILES string of the molecule is Cc1cc(-c2c(C3CCOCC3)nc([N+]34CCN(CC3)CC4)c3cc(OCc4ccccc4)ccc23)ccn1. The molecule has 4 aromatic rings. The van der Waals surface area contributed by atoms with Gasteiger partial charge in [-0.05, 0) is 66.6 Å². The molecule has 6 heteroatoms. The molecule has 0 aliphatic carbocycles. The van der Waals surface area contributed by atoms with Gasteiger partial charge in [0.1, 0.15) is 12.4 Å². The highest BCUT2D eigenvalue weighted by atomic mass is 16.5. The predicted molar refractivity (Wildman–Crippen MR) is 156 cm³/mol. The van der Waals surface area contributed by atoms with Gasteiger partial charge in [-0.1, -0.05) is 30.3 Å². The lowest BCUT2D eigenvalue weighted by Gasteiger charge is -2.49. The summed E-state index contributed by atoms with van der Waals surface area (Å²) in [6.45, 7) is 11.0. The number of nitrogens with zero attached hydrogens (tertiary/aromatic N) is 4. The molecule has 0 unspecified atom stereocenters. The van der Waals surface area contributed by atoms with Gasteiger partial charge in [0.2, 0.25) is 5.82 Å². The topological polar surface area (TPSA) is 47.5 Å². The Bertz CT molecular complexity index is 1460. The van der Waals surface area contributed by atoms with Crippen molar-refractivity contribution in [3.63, 3.8) is 0 Å². The zero-order valence-corrected chi connectivity index (χ0v) is 22.8. The molecule has 0 saturated carbocycles. The molecule has 8 rings (SSSR count). The summed E-state index contributed by atoms with van der Waals surface area (Å²) in [5.74, 6) is 2.54. The molecule has 0 spiro atoms. The molecule has 0 amide bonds. The molecule has 2 aromatic heterocycles. The van der Waals surface area contributed by atoms with Crippen LogP contribution in [0.1, 0.15) is 35.7 Å². The summed E-state index contributed by atoms with van der Waals surface area (Å²) < 4.78 is 13.1. The van der Waals surface area contributed by atoms with Gasteiger partial charge in [0.25, 0.3) is 0 Å². The Morgan fingerprint density at radius 1 is 0.923 bits per heavy atom. The van der Waals surface area contributed by atoms with E-state index in [9.17, 15) is 0 Å². The van der Waals surface area contributed by atoms with E-state index in [0.29, 0.717) is 12.5 Å². The summed E-state index contributed by atoms with van der Waals surface area (Å²) in [6.07, 6.45) is 3.96. The third kappa shape index (κ3) is 4.71. The zero-order chi connectivity index (χ0) is 26.2. The number of aryl methyl sites for hydroxylation is 1. The van der Waals surface area contributed by atoms with Crippen molar-refractivity contribution < 1.29 is 9.47 Å². The summed E-state index contributed by atoms with van der Waals surface area (Å²) >= 11 is 0. The number of hydrogen-bond acceptors (Lipinski definition) is 5.